The highest BCUT2D eigenvalue weighted by Gasteiger charge is 2.20. The molecule has 0 spiro atoms. The number of rotatable bonds is 2. The van der Waals surface area contributed by atoms with Gasteiger partial charge in [0, 0.05) is 11.9 Å². The van der Waals surface area contributed by atoms with E-state index in [-0.39, 0.29) is 5.54 Å². The molecule has 3 nitrogen and oxygen atoms in total. The van der Waals surface area contributed by atoms with Gasteiger partial charge < -0.3 is 5.32 Å². The van der Waals surface area contributed by atoms with E-state index >= 15 is 0 Å². The van der Waals surface area contributed by atoms with Crippen LogP contribution in [0, 0.1) is 6.92 Å². The molecule has 1 rings (SSSR count). The van der Waals surface area contributed by atoms with Crippen LogP contribution in [0.3, 0.4) is 0 Å². The molecule has 1 aromatic heterocycles. The van der Waals surface area contributed by atoms with Crippen LogP contribution in [-0.2, 0) is 5.54 Å². The number of hydrogen-bond donors (Lipinski definition) is 1. The first-order valence-corrected chi connectivity index (χ1v) is 4.05. The molecule has 1 N–H and O–H groups in total. The van der Waals surface area contributed by atoms with Crippen molar-refractivity contribution in [3.8, 4) is 0 Å². The SMILES string of the molecule is CNC(C)(C)c1nccc(C)n1. The van der Waals surface area contributed by atoms with E-state index in [0.29, 0.717) is 0 Å². The Bertz CT molecular complexity index is 268. The lowest BCUT2D eigenvalue weighted by Gasteiger charge is -2.21. The molecule has 66 valence electrons. The Morgan fingerprint density at radius 3 is 2.58 bits per heavy atom. The highest BCUT2D eigenvalue weighted by atomic mass is 15.0. The number of aromatic nitrogens is 2. The van der Waals surface area contributed by atoms with Crippen LogP contribution in [0.5, 0.6) is 0 Å². The van der Waals surface area contributed by atoms with Gasteiger partial charge in [-0.25, -0.2) is 9.97 Å². The van der Waals surface area contributed by atoms with Gasteiger partial charge in [-0.3, -0.25) is 0 Å². The molecule has 0 aliphatic carbocycles. The maximum atomic E-state index is 4.34. The first-order chi connectivity index (χ1) is 5.56. The van der Waals surface area contributed by atoms with Gasteiger partial charge in [0.05, 0.1) is 5.54 Å². The van der Waals surface area contributed by atoms with Crippen molar-refractivity contribution in [1.29, 1.82) is 0 Å². The van der Waals surface area contributed by atoms with Gasteiger partial charge >= 0.3 is 0 Å². The average molecular weight is 165 g/mol. The molecule has 0 amide bonds. The molecule has 0 atom stereocenters. The summed E-state index contributed by atoms with van der Waals surface area (Å²) >= 11 is 0. The zero-order valence-corrected chi connectivity index (χ0v) is 8.05. The highest BCUT2D eigenvalue weighted by Crippen LogP contribution is 2.13. The fourth-order valence-electron chi connectivity index (χ4n) is 0.862. The van der Waals surface area contributed by atoms with E-state index in [4.69, 9.17) is 0 Å². The van der Waals surface area contributed by atoms with Gasteiger partial charge in [0.15, 0.2) is 0 Å². The van der Waals surface area contributed by atoms with E-state index in [1.807, 2.05) is 20.0 Å². The Labute approximate surface area is 73.2 Å². The van der Waals surface area contributed by atoms with Crippen LogP contribution in [0.15, 0.2) is 12.3 Å². The molecule has 0 fully saturated rings. The predicted molar refractivity (Wildman–Crippen MR) is 48.9 cm³/mol. The second-order valence-corrected chi connectivity index (χ2v) is 3.40. The van der Waals surface area contributed by atoms with Crippen LogP contribution in [0.4, 0.5) is 0 Å². The maximum absolute atomic E-state index is 4.34. The van der Waals surface area contributed by atoms with Crippen molar-refractivity contribution in [2.75, 3.05) is 7.05 Å². The van der Waals surface area contributed by atoms with E-state index < -0.39 is 0 Å². The second kappa shape index (κ2) is 3.19. The number of hydrogen-bond acceptors (Lipinski definition) is 3. The van der Waals surface area contributed by atoms with Crippen LogP contribution < -0.4 is 5.32 Å². The molecule has 12 heavy (non-hydrogen) atoms. The van der Waals surface area contributed by atoms with Crippen LogP contribution in [0.25, 0.3) is 0 Å². The maximum Gasteiger partial charge on any atom is 0.147 e. The van der Waals surface area contributed by atoms with Crippen LogP contribution in [0.1, 0.15) is 25.4 Å². The van der Waals surface area contributed by atoms with Crippen molar-refractivity contribution in [1.82, 2.24) is 15.3 Å². The van der Waals surface area contributed by atoms with Gasteiger partial charge in [-0.2, -0.15) is 0 Å². The first-order valence-electron chi connectivity index (χ1n) is 4.05. The van der Waals surface area contributed by atoms with Crippen molar-refractivity contribution < 1.29 is 0 Å². The molecule has 0 aliphatic heterocycles. The third-order valence-corrected chi connectivity index (χ3v) is 1.98. The summed E-state index contributed by atoms with van der Waals surface area (Å²) in [4.78, 5) is 8.55. The zero-order valence-electron chi connectivity index (χ0n) is 8.05. The molecular formula is C9H15N3. The summed E-state index contributed by atoms with van der Waals surface area (Å²) in [5.41, 5.74) is 0.856. The van der Waals surface area contributed by atoms with Gasteiger partial charge in [-0.15, -0.1) is 0 Å². The summed E-state index contributed by atoms with van der Waals surface area (Å²) in [6.45, 7) is 6.08. The van der Waals surface area contributed by atoms with Crippen molar-refractivity contribution in [3.63, 3.8) is 0 Å². The molecule has 0 unspecified atom stereocenters. The zero-order chi connectivity index (χ0) is 9.19. The lowest BCUT2D eigenvalue weighted by atomic mass is 10.1. The van der Waals surface area contributed by atoms with Crippen molar-refractivity contribution in [2.24, 2.45) is 0 Å². The number of nitrogens with zero attached hydrogens (tertiary/aromatic N) is 2. The van der Waals surface area contributed by atoms with Crippen LogP contribution >= 0.6 is 0 Å². The normalized spacial score (nSPS) is 11.7. The van der Waals surface area contributed by atoms with Gasteiger partial charge in [-0.05, 0) is 33.9 Å². The van der Waals surface area contributed by atoms with Crippen molar-refractivity contribution in [2.45, 2.75) is 26.3 Å². The summed E-state index contributed by atoms with van der Waals surface area (Å²) in [5.74, 6) is 0.838. The highest BCUT2D eigenvalue weighted by molar-refractivity contribution is 5.06. The molecular weight excluding hydrogens is 150 g/mol. The summed E-state index contributed by atoms with van der Waals surface area (Å²) in [6, 6.07) is 1.90. The van der Waals surface area contributed by atoms with E-state index in [9.17, 15) is 0 Å². The Morgan fingerprint density at radius 1 is 1.42 bits per heavy atom. The molecule has 1 heterocycles. The first kappa shape index (κ1) is 9.13. The molecule has 0 aliphatic rings. The van der Waals surface area contributed by atoms with Crippen molar-refractivity contribution in [3.05, 3.63) is 23.8 Å². The molecule has 0 saturated heterocycles. The largest absolute Gasteiger partial charge is 0.308 e. The minimum atomic E-state index is -0.147. The Balaban J connectivity index is 3.03. The number of nitrogens with one attached hydrogen (secondary N) is 1. The van der Waals surface area contributed by atoms with Gasteiger partial charge in [0.1, 0.15) is 5.82 Å². The topological polar surface area (TPSA) is 37.8 Å². The minimum Gasteiger partial charge on any atom is -0.308 e. The second-order valence-electron chi connectivity index (χ2n) is 3.40. The van der Waals surface area contributed by atoms with E-state index in [2.05, 4.69) is 29.1 Å². The summed E-state index contributed by atoms with van der Waals surface area (Å²) < 4.78 is 0. The van der Waals surface area contributed by atoms with Crippen LogP contribution in [0.2, 0.25) is 0 Å². The minimum absolute atomic E-state index is 0.147. The van der Waals surface area contributed by atoms with E-state index in [0.717, 1.165) is 11.5 Å². The monoisotopic (exact) mass is 165 g/mol. The van der Waals surface area contributed by atoms with Gasteiger partial charge in [-0.1, -0.05) is 0 Å². The van der Waals surface area contributed by atoms with Gasteiger partial charge in [0.25, 0.3) is 0 Å². The van der Waals surface area contributed by atoms with E-state index in [1.165, 1.54) is 0 Å². The van der Waals surface area contributed by atoms with E-state index in [1.54, 1.807) is 6.20 Å². The average Bonchev–Trinajstić information content (AvgIpc) is 2.05. The lowest BCUT2D eigenvalue weighted by Crippen LogP contribution is -2.35. The third kappa shape index (κ3) is 1.80. The van der Waals surface area contributed by atoms with Crippen molar-refractivity contribution >= 4 is 0 Å². The predicted octanol–water partition coefficient (Wildman–Crippen LogP) is 1.24. The third-order valence-electron chi connectivity index (χ3n) is 1.98. The fraction of sp³-hybridized carbons (Fsp3) is 0.556. The number of aryl methyl sites for hydroxylation is 1. The standard InChI is InChI=1S/C9H15N3/c1-7-5-6-11-8(12-7)9(2,3)10-4/h5-6,10H,1-4H3. The Hall–Kier alpha value is -0.960. The fourth-order valence-corrected chi connectivity index (χ4v) is 0.862. The Morgan fingerprint density at radius 2 is 2.08 bits per heavy atom. The molecule has 1 aromatic rings. The molecule has 0 saturated carbocycles. The van der Waals surface area contributed by atoms with Crippen LogP contribution in [-0.4, -0.2) is 17.0 Å². The summed E-state index contributed by atoms with van der Waals surface area (Å²) in [6.07, 6.45) is 1.79. The van der Waals surface area contributed by atoms with Gasteiger partial charge in [0.2, 0.25) is 0 Å². The molecule has 0 aromatic carbocycles. The molecule has 3 heteroatoms. The quantitative estimate of drug-likeness (QED) is 0.716. The summed E-state index contributed by atoms with van der Waals surface area (Å²) in [5, 5.41) is 3.16. The molecule has 0 radical (unpaired) electrons. The summed E-state index contributed by atoms with van der Waals surface area (Å²) in [7, 11) is 1.91. The lowest BCUT2D eigenvalue weighted by molar-refractivity contribution is 0.415. The molecule has 0 bridgehead atoms. The Kier molecular flexibility index (Phi) is 2.43. The smallest absolute Gasteiger partial charge is 0.147 e.